The van der Waals surface area contributed by atoms with Crippen LogP contribution in [0.2, 0.25) is 0 Å². The van der Waals surface area contributed by atoms with E-state index in [2.05, 4.69) is 36.3 Å². The van der Waals surface area contributed by atoms with Gasteiger partial charge < -0.3 is 5.32 Å². The predicted molar refractivity (Wildman–Crippen MR) is 89.2 cm³/mol. The molecule has 3 aromatic rings. The van der Waals surface area contributed by atoms with E-state index >= 15 is 0 Å². The molecule has 4 heteroatoms. The molecule has 0 aliphatic carbocycles. The number of hydrogen-bond acceptors (Lipinski definition) is 2. The summed E-state index contributed by atoms with van der Waals surface area (Å²) in [5, 5.41) is 10.7. The zero-order chi connectivity index (χ0) is 15.7. The number of anilines is 1. The summed E-state index contributed by atoms with van der Waals surface area (Å²) >= 11 is 0. The van der Waals surface area contributed by atoms with Crippen molar-refractivity contribution < 1.29 is 4.79 Å². The van der Waals surface area contributed by atoms with Crippen molar-refractivity contribution >= 4 is 22.5 Å². The number of carbonyl (C=O) groups is 1. The van der Waals surface area contributed by atoms with E-state index in [4.69, 9.17) is 0 Å². The molecule has 1 aromatic heterocycles. The Hall–Kier alpha value is -2.62. The summed E-state index contributed by atoms with van der Waals surface area (Å²) in [6, 6.07) is 15.5. The van der Waals surface area contributed by atoms with Crippen molar-refractivity contribution in [3.63, 3.8) is 0 Å². The van der Waals surface area contributed by atoms with E-state index in [-0.39, 0.29) is 11.3 Å². The molecule has 2 aromatic carbocycles. The van der Waals surface area contributed by atoms with Gasteiger partial charge in [-0.3, -0.25) is 9.89 Å². The highest BCUT2D eigenvalue weighted by Crippen LogP contribution is 2.24. The highest BCUT2D eigenvalue weighted by atomic mass is 16.1. The van der Waals surface area contributed by atoms with Crippen LogP contribution in [-0.4, -0.2) is 16.1 Å². The molecule has 2 N–H and O–H groups in total. The first-order chi connectivity index (χ1) is 10.4. The van der Waals surface area contributed by atoms with Gasteiger partial charge in [-0.15, -0.1) is 0 Å². The fraction of sp³-hybridized carbons (Fsp3) is 0.222. The van der Waals surface area contributed by atoms with Gasteiger partial charge in [0, 0.05) is 11.1 Å². The Kier molecular flexibility index (Phi) is 3.45. The average molecular weight is 293 g/mol. The van der Waals surface area contributed by atoms with Gasteiger partial charge in [-0.25, -0.2) is 0 Å². The number of hydrogen-bond donors (Lipinski definition) is 2. The van der Waals surface area contributed by atoms with Crippen LogP contribution < -0.4 is 5.32 Å². The lowest BCUT2D eigenvalue weighted by atomic mass is 9.87. The number of benzene rings is 2. The van der Waals surface area contributed by atoms with Crippen LogP contribution in [0.4, 0.5) is 5.69 Å². The summed E-state index contributed by atoms with van der Waals surface area (Å²) in [4.78, 5) is 12.4. The molecule has 0 aliphatic heterocycles. The molecule has 0 unspecified atom stereocenters. The topological polar surface area (TPSA) is 57.8 Å². The van der Waals surface area contributed by atoms with Crippen molar-refractivity contribution in [2.75, 3.05) is 5.32 Å². The molecular weight excluding hydrogens is 274 g/mol. The van der Waals surface area contributed by atoms with Crippen molar-refractivity contribution in [1.29, 1.82) is 0 Å². The van der Waals surface area contributed by atoms with Gasteiger partial charge in [0.2, 0.25) is 0 Å². The Morgan fingerprint density at radius 1 is 1.05 bits per heavy atom. The minimum absolute atomic E-state index is 0.0981. The van der Waals surface area contributed by atoms with Crippen LogP contribution in [0.5, 0.6) is 0 Å². The summed E-state index contributed by atoms with van der Waals surface area (Å²) in [6.07, 6.45) is 0. The van der Waals surface area contributed by atoms with Gasteiger partial charge in [0.15, 0.2) is 5.69 Å². The molecule has 1 heterocycles. The first-order valence-corrected chi connectivity index (χ1v) is 7.30. The Bertz CT molecular complexity index is 810. The number of nitrogens with zero attached hydrogens (tertiary/aromatic N) is 1. The lowest BCUT2D eigenvalue weighted by Gasteiger charge is -2.19. The zero-order valence-corrected chi connectivity index (χ0v) is 13.0. The van der Waals surface area contributed by atoms with E-state index in [0.717, 1.165) is 16.6 Å². The second-order valence-corrected chi connectivity index (χ2v) is 6.40. The number of carbonyl (C=O) groups excluding carboxylic acids is 1. The van der Waals surface area contributed by atoms with Crippen LogP contribution in [0.25, 0.3) is 10.9 Å². The minimum Gasteiger partial charge on any atom is -0.321 e. The van der Waals surface area contributed by atoms with Crippen molar-refractivity contribution in [3.05, 3.63) is 59.8 Å². The SMILES string of the molecule is CC(C)(C)c1ccc(NC(=O)c2n[nH]c3ccccc23)cc1. The normalized spacial score (nSPS) is 11.6. The minimum atomic E-state index is -0.207. The molecule has 22 heavy (non-hydrogen) atoms. The zero-order valence-electron chi connectivity index (χ0n) is 13.0. The standard InChI is InChI=1S/C18H19N3O/c1-18(2,3)12-8-10-13(11-9-12)19-17(22)16-14-6-4-5-7-15(14)20-21-16/h4-11H,1-3H3,(H,19,22)(H,20,21). The fourth-order valence-corrected chi connectivity index (χ4v) is 2.38. The van der Waals surface area contributed by atoms with E-state index in [1.165, 1.54) is 5.56 Å². The van der Waals surface area contributed by atoms with Crippen molar-refractivity contribution in [3.8, 4) is 0 Å². The molecule has 0 radical (unpaired) electrons. The van der Waals surface area contributed by atoms with Gasteiger partial charge in [0.1, 0.15) is 0 Å². The van der Waals surface area contributed by atoms with Crippen molar-refractivity contribution in [2.24, 2.45) is 0 Å². The third kappa shape index (κ3) is 2.72. The molecule has 4 nitrogen and oxygen atoms in total. The van der Waals surface area contributed by atoms with Gasteiger partial charge in [-0.1, -0.05) is 51.1 Å². The fourth-order valence-electron chi connectivity index (χ4n) is 2.38. The Morgan fingerprint density at radius 2 is 1.73 bits per heavy atom. The Balaban J connectivity index is 1.82. The maximum atomic E-state index is 12.4. The van der Waals surface area contributed by atoms with Crippen LogP contribution in [0.1, 0.15) is 36.8 Å². The largest absolute Gasteiger partial charge is 0.321 e. The maximum Gasteiger partial charge on any atom is 0.276 e. The molecule has 0 spiro atoms. The second kappa shape index (κ2) is 5.30. The highest BCUT2D eigenvalue weighted by molar-refractivity contribution is 6.11. The molecule has 0 bridgehead atoms. The summed E-state index contributed by atoms with van der Waals surface area (Å²) in [5.41, 5.74) is 3.37. The van der Waals surface area contributed by atoms with Crippen LogP contribution in [0.3, 0.4) is 0 Å². The van der Waals surface area contributed by atoms with E-state index in [1.54, 1.807) is 0 Å². The van der Waals surface area contributed by atoms with E-state index in [9.17, 15) is 4.79 Å². The average Bonchev–Trinajstić information content (AvgIpc) is 2.91. The molecule has 3 rings (SSSR count). The summed E-state index contributed by atoms with van der Waals surface area (Å²) in [7, 11) is 0. The quantitative estimate of drug-likeness (QED) is 0.747. The van der Waals surface area contributed by atoms with Crippen LogP contribution in [-0.2, 0) is 5.41 Å². The molecule has 0 aliphatic rings. The smallest absolute Gasteiger partial charge is 0.276 e. The Morgan fingerprint density at radius 3 is 2.41 bits per heavy atom. The Labute approximate surface area is 129 Å². The third-order valence-corrected chi connectivity index (χ3v) is 3.69. The van der Waals surface area contributed by atoms with Crippen LogP contribution in [0.15, 0.2) is 48.5 Å². The second-order valence-electron chi connectivity index (χ2n) is 6.40. The van der Waals surface area contributed by atoms with Crippen LogP contribution in [0, 0.1) is 0 Å². The molecule has 0 atom stereocenters. The predicted octanol–water partition coefficient (Wildman–Crippen LogP) is 4.11. The lowest BCUT2D eigenvalue weighted by Crippen LogP contribution is -2.14. The van der Waals surface area contributed by atoms with E-state index < -0.39 is 0 Å². The van der Waals surface area contributed by atoms with E-state index in [1.807, 2.05) is 48.5 Å². The first kappa shape index (κ1) is 14.3. The lowest BCUT2D eigenvalue weighted by molar-refractivity contribution is 0.102. The summed E-state index contributed by atoms with van der Waals surface area (Å²) < 4.78 is 0. The molecular formula is C18H19N3O. The van der Waals surface area contributed by atoms with Gasteiger partial charge in [0.25, 0.3) is 5.91 Å². The summed E-state index contributed by atoms with van der Waals surface area (Å²) in [6.45, 7) is 6.49. The number of rotatable bonds is 2. The maximum absolute atomic E-state index is 12.4. The molecule has 1 amide bonds. The monoisotopic (exact) mass is 293 g/mol. The van der Waals surface area contributed by atoms with Crippen LogP contribution >= 0.6 is 0 Å². The third-order valence-electron chi connectivity index (χ3n) is 3.69. The summed E-state index contributed by atoms with van der Waals surface area (Å²) in [5.74, 6) is -0.207. The van der Waals surface area contributed by atoms with Gasteiger partial charge >= 0.3 is 0 Å². The molecule has 112 valence electrons. The number of nitrogens with one attached hydrogen (secondary N) is 2. The van der Waals surface area contributed by atoms with E-state index in [0.29, 0.717) is 5.69 Å². The first-order valence-electron chi connectivity index (χ1n) is 7.30. The molecule has 0 saturated heterocycles. The van der Waals surface area contributed by atoms with Gasteiger partial charge in [0.05, 0.1) is 5.52 Å². The number of H-pyrrole nitrogens is 1. The van der Waals surface area contributed by atoms with Crippen molar-refractivity contribution in [1.82, 2.24) is 10.2 Å². The number of fused-ring (bicyclic) bond motifs is 1. The molecule has 0 saturated carbocycles. The number of aromatic amines is 1. The van der Waals surface area contributed by atoms with Gasteiger partial charge in [-0.2, -0.15) is 5.10 Å². The van der Waals surface area contributed by atoms with Crippen molar-refractivity contribution in [2.45, 2.75) is 26.2 Å². The highest BCUT2D eigenvalue weighted by Gasteiger charge is 2.15. The number of para-hydroxylation sites is 1. The number of aromatic nitrogens is 2. The number of amides is 1. The van der Waals surface area contributed by atoms with Gasteiger partial charge in [-0.05, 0) is 29.2 Å². The molecule has 0 fully saturated rings.